The van der Waals surface area contributed by atoms with E-state index in [9.17, 15) is 12.9 Å². The molecule has 2 rings (SSSR count). The number of fused-ring (bicyclic) bond motifs is 1. The number of ether oxygens (including phenoxy) is 1. The molecule has 0 aliphatic carbocycles. The minimum absolute atomic E-state index is 0. The molecule has 0 fully saturated rings. The van der Waals surface area contributed by atoms with Crippen molar-refractivity contribution in [3.05, 3.63) is 36.4 Å². The van der Waals surface area contributed by atoms with E-state index in [4.69, 9.17) is 4.74 Å². The van der Waals surface area contributed by atoms with Crippen LogP contribution in [0.4, 0.5) is 12.9 Å². The summed E-state index contributed by atoms with van der Waals surface area (Å²) in [6.07, 6.45) is 0. The van der Waals surface area contributed by atoms with Crippen molar-refractivity contribution in [3.8, 4) is 5.75 Å². The van der Waals surface area contributed by atoms with Crippen LogP contribution in [0.5, 0.6) is 5.75 Å². The van der Waals surface area contributed by atoms with Crippen LogP contribution in [0.15, 0.2) is 36.4 Å². The maximum atomic E-state index is 12.9. The van der Waals surface area contributed by atoms with Gasteiger partial charge in [-0.2, -0.15) is 0 Å². The number of hydrogen-bond acceptors (Lipinski definition) is 1. The van der Waals surface area contributed by atoms with Gasteiger partial charge in [-0.25, -0.2) is 0 Å². The molecule has 0 N–H and O–H groups in total. The van der Waals surface area contributed by atoms with Crippen LogP contribution in [0, 0.1) is 0 Å². The molecule has 0 spiro atoms. The van der Waals surface area contributed by atoms with Gasteiger partial charge in [0.1, 0.15) is 0 Å². The second kappa shape index (κ2) is 5.75. The van der Waals surface area contributed by atoms with Gasteiger partial charge >= 0.3 is 58.4 Å². The predicted octanol–water partition coefficient (Wildman–Crippen LogP) is -0.0932. The molecule has 0 aliphatic rings. The monoisotopic (exact) mass is 264 g/mol. The Morgan fingerprint density at radius 2 is 1.65 bits per heavy atom. The Hall–Kier alpha value is -0.00870. The first-order chi connectivity index (χ1) is 7.54. The molecule has 17 heavy (non-hydrogen) atoms. The third-order valence-corrected chi connectivity index (χ3v) is 2.48. The number of methoxy groups -OCH3 is 1. The summed E-state index contributed by atoms with van der Waals surface area (Å²) in [4.78, 5) is 0. The van der Waals surface area contributed by atoms with Gasteiger partial charge in [-0.3, -0.25) is 0 Å². The summed E-state index contributed by atoms with van der Waals surface area (Å²) in [5.41, 5.74) is -0.652. The number of hydrogen-bond donors (Lipinski definition) is 0. The molecule has 0 heterocycles. The van der Waals surface area contributed by atoms with E-state index < -0.39 is 12.4 Å². The Morgan fingerprint density at radius 3 is 2.24 bits per heavy atom. The van der Waals surface area contributed by atoms with E-state index in [1.807, 2.05) is 0 Å². The Morgan fingerprint density at radius 1 is 1.00 bits per heavy atom. The Kier molecular flexibility index (Phi) is 5.09. The molecule has 0 saturated heterocycles. The van der Waals surface area contributed by atoms with Gasteiger partial charge in [0.25, 0.3) is 0 Å². The summed E-state index contributed by atoms with van der Waals surface area (Å²) in [5.74, 6) is -0.119. The molecule has 0 aliphatic heterocycles. The summed E-state index contributed by atoms with van der Waals surface area (Å²) in [5, 5.41) is 0.756. The third-order valence-electron chi connectivity index (χ3n) is 2.48. The summed E-state index contributed by atoms with van der Waals surface area (Å²) in [6, 6.07) is 9.39. The number of benzene rings is 2. The van der Waals surface area contributed by atoms with Crippen molar-refractivity contribution in [2.75, 3.05) is 7.11 Å². The van der Waals surface area contributed by atoms with Gasteiger partial charge in [-0.05, 0) is 16.8 Å². The van der Waals surface area contributed by atoms with Gasteiger partial charge in [-0.15, -0.1) is 0 Å². The van der Waals surface area contributed by atoms with Gasteiger partial charge in [0, 0.05) is 0 Å². The van der Waals surface area contributed by atoms with Gasteiger partial charge in [0.15, 0.2) is 0 Å². The average Bonchev–Trinajstić information content (AvgIpc) is 2.26. The third kappa shape index (κ3) is 3.06. The first kappa shape index (κ1) is 15.1. The van der Waals surface area contributed by atoms with Gasteiger partial charge in [0.2, 0.25) is 0 Å². The van der Waals surface area contributed by atoms with E-state index in [2.05, 4.69) is 0 Å². The van der Waals surface area contributed by atoms with E-state index in [-0.39, 0.29) is 62.5 Å². The maximum absolute atomic E-state index is 12.9. The average molecular weight is 264 g/mol. The zero-order valence-corrected chi connectivity index (χ0v) is 12.7. The smallest absolute Gasteiger partial charge is 0.500 e. The second-order valence-corrected chi connectivity index (χ2v) is 3.48. The molecule has 0 saturated carbocycles. The largest absolute Gasteiger partial charge is 1.00 e. The van der Waals surface area contributed by atoms with E-state index in [1.165, 1.54) is 19.2 Å². The Labute approximate surface area is 140 Å². The standard InChI is InChI=1S/C11H9BF3O.K/c1-16-10-7-6-8-4-2-3-5-9(8)11(10)12(13,14)15;/h2-7H,1H3;/q-1;+1. The van der Waals surface area contributed by atoms with Crippen LogP contribution in [0.3, 0.4) is 0 Å². The van der Waals surface area contributed by atoms with Crippen LogP contribution < -0.4 is 61.6 Å². The minimum Gasteiger partial charge on any atom is -0.500 e. The molecule has 0 aromatic heterocycles. The van der Waals surface area contributed by atoms with Crippen molar-refractivity contribution in [2.45, 2.75) is 0 Å². The molecular formula is C11H9BF3KO. The van der Waals surface area contributed by atoms with Crippen LogP contribution in [-0.4, -0.2) is 14.1 Å². The van der Waals surface area contributed by atoms with Crippen molar-refractivity contribution < 1.29 is 69.1 Å². The fraction of sp³-hybridized carbons (Fsp3) is 0.0909. The van der Waals surface area contributed by atoms with Crippen molar-refractivity contribution in [2.24, 2.45) is 0 Å². The van der Waals surface area contributed by atoms with Gasteiger partial charge in [0.05, 0.1) is 12.9 Å². The zero-order valence-electron chi connectivity index (χ0n) is 9.58. The van der Waals surface area contributed by atoms with Crippen molar-refractivity contribution in [1.82, 2.24) is 0 Å². The van der Waals surface area contributed by atoms with Gasteiger partial charge in [-0.1, -0.05) is 35.8 Å². The normalized spacial score (nSPS) is 11.1. The molecule has 0 atom stereocenters. The first-order valence-electron chi connectivity index (χ1n) is 4.79. The molecule has 0 radical (unpaired) electrons. The summed E-state index contributed by atoms with van der Waals surface area (Å²) in [7, 11) is 1.25. The number of halogens is 3. The topological polar surface area (TPSA) is 9.23 Å². The van der Waals surface area contributed by atoms with Crippen LogP contribution in [0.2, 0.25) is 0 Å². The van der Waals surface area contributed by atoms with Gasteiger partial charge < -0.3 is 17.7 Å². The van der Waals surface area contributed by atoms with Crippen molar-refractivity contribution >= 4 is 23.2 Å². The predicted molar refractivity (Wildman–Crippen MR) is 59.2 cm³/mol. The molecule has 6 heteroatoms. The quantitative estimate of drug-likeness (QED) is 0.689. The molecule has 0 amide bonds. The first-order valence-corrected chi connectivity index (χ1v) is 4.79. The summed E-state index contributed by atoms with van der Waals surface area (Å²) in [6.45, 7) is -5.08. The van der Waals surface area contributed by atoms with Crippen molar-refractivity contribution in [3.63, 3.8) is 0 Å². The molecule has 2 aromatic rings. The SMILES string of the molecule is COc1ccc2ccccc2c1[B-](F)(F)F.[K+]. The zero-order chi connectivity index (χ0) is 11.8. The molecular weight excluding hydrogens is 255 g/mol. The summed E-state index contributed by atoms with van der Waals surface area (Å²) >= 11 is 0. The van der Waals surface area contributed by atoms with Crippen LogP contribution in [0.25, 0.3) is 10.8 Å². The van der Waals surface area contributed by atoms with Crippen LogP contribution in [0.1, 0.15) is 0 Å². The maximum Gasteiger partial charge on any atom is 1.00 e. The minimum atomic E-state index is -5.08. The molecule has 0 bridgehead atoms. The fourth-order valence-electron chi connectivity index (χ4n) is 1.79. The Bertz CT molecular complexity index is 528. The number of rotatable bonds is 2. The fourth-order valence-corrected chi connectivity index (χ4v) is 1.79. The summed E-state index contributed by atoms with van der Waals surface area (Å²) < 4.78 is 43.6. The molecule has 2 aromatic carbocycles. The van der Waals surface area contributed by atoms with E-state index in [0.29, 0.717) is 5.39 Å². The Balaban J connectivity index is 0.00000144. The molecule has 84 valence electrons. The van der Waals surface area contributed by atoms with E-state index in [1.54, 1.807) is 24.3 Å². The van der Waals surface area contributed by atoms with E-state index >= 15 is 0 Å². The van der Waals surface area contributed by atoms with Crippen LogP contribution >= 0.6 is 0 Å². The van der Waals surface area contributed by atoms with Crippen molar-refractivity contribution in [1.29, 1.82) is 0 Å². The second-order valence-electron chi connectivity index (χ2n) is 3.48. The van der Waals surface area contributed by atoms with Crippen LogP contribution in [-0.2, 0) is 0 Å². The van der Waals surface area contributed by atoms with E-state index in [0.717, 1.165) is 0 Å². The molecule has 0 unspecified atom stereocenters. The molecule has 1 nitrogen and oxygen atoms in total.